The van der Waals surface area contributed by atoms with Crippen LogP contribution in [0.5, 0.6) is 0 Å². The molecule has 2 aromatic heterocycles. The van der Waals surface area contributed by atoms with Crippen molar-refractivity contribution in [2.24, 2.45) is 10.8 Å². The predicted molar refractivity (Wildman–Crippen MR) is 222 cm³/mol. The van der Waals surface area contributed by atoms with Gasteiger partial charge in [0.25, 0.3) is 0 Å². The number of benzene rings is 2. The molecule has 12 nitrogen and oxygen atoms in total. The van der Waals surface area contributed by atoms with Gasteiger partial charge in [-0.3, -0.25) is 9.69 Å². The zero-order chi connectivity index (χ0) is 40.9. The zero-order valence-corrected chi connectivity index (χ0v) is 34.9. The van der Waals surface area contributed by atoms with E-state index in [4.69, 9.17) is 19.4 Å². The molecule has 2 aromatic carbocycles. The topological polar surface area (TPSA) is 140 Å². The van der Waals surface area contributed by atoms with Gasteiger partial charge in [-0.1, -0.05) is 89.2 Å². The Bertz CT molecular complexity index is 2160. The lowest BCUT2D eigenvalue weighted by Gasteiger charge is -2.38. The number of H-pyrrole nitrogens is 2. The van der Waals surface area contributed by atoms with Gasteiger partial charge < -0.3 is 35.0 Å². The van der Waals surface area contributed by atoms with E-state index in [-0.39, 0.29) is 28.3 Å². The minimum atomic E-state index is -0.995. The Balaban J connectivity index is 1.02. The Morgan fingerprint density at radius 3 is 1.98 bits per heavy atom. The second-order valence-electron chi connectivity index (χ2n) is 17.9. The number of nitrogens with one attached hydrogen (secondary N) is 4. The van der Waals surface area contributed by atoms with Gasteiger partial charge in [0, 0.05) is 24.2 Å². The van der Waals surface area contributed by atoms with Crippen molar-refractivity contribution in [2.75, 3.05) is 27.3 Å². The van der Waals surface area contributed by atoms with Gasteiger partial charge >= 0.3 is 6.09 Å². The number of hydrogen-bond donors (Lipinski definition) is 4. The molecule has 0 aliphatic carbocycles. The molecular formula is C45H58N8O4. The fourth-order valence-corrected chi connectivity index (χ4v) is 8.85. The Morgan fingerprint density at radius 2 is 1.39 bits per heavy atom. The summed E-state index contributed by atoms with van der Waals surface area (Å²) in [5.74, 6) is 2.05. The number of aromatic nitrogens is 4. The summed E-state index contributed by atoms with van der Waals surface area (Å²) in [6.45, 7) is 20.3. The molecule has 4 atom stereocenters. The van der Waals surface area contributed by atoms with Crippen LogP contribution in [-0.4, -0.2) is 80.1 Å². The highest BCUT2D eigenvalue weighted by Crippen LogP contribution is 2.47. The fraction of sp³-hybridized carbons (Fsp3) is 0.467. The summed E-state index contributed by atoms with van der Waals surface area (Å²) in [4.78, 5) is 46.7. The Labute approximate surface area is 336 Å². The Morgan fingerprint density at radius 1 is 0.825 bits per heavy atom. The third kappa shape index (κ3) is 7.30. The lowest BCUT2D eigenvalue weighted by Crippen LogP contribution is -2.57. The van der Waals surface area contributed by atoms with Gasteiger partial charge in [-0.15, -0.1) is 0 Å². The number of methoxy groups -OCH3 is 2. The molecule has 0 radical (unpaired) electrons. The lowest BCUT2D eigenvalue weighted by atomic mass is 9.85. The average molecular weight is 775 g/mol. The summed E-state index contributed by atoms with van der Waals surface area (Å²) in [7, 11) is 3.03. The van der Waals surface area contributed by atoms with Gasteiger partial charge in [-0.25, -0.2) is 14.8 Å². The molecule has 2 fully saturated rings. The van der Waals surface area contributed by atoms with Crippen molar-refractivity contribution in [1.82, 2.24) is 40.4 Å². The van der Waals surface area contributed by atoms with Crippen LogP contribution in [0, 0.1) is 10.8 Å². The van der Waals surface area contributed by atoms with Crippen LogP contribution >= 0.6 is 0 Å². The SMILES string of the molecule is C=C(OC)N1CCC[C@@]1(C)C1=CC(C)(C)[C@@H](c2ncc(-c3ccc(-c4ccc(-c5cnc(C(NC(=O)[C@]6(C)CCCN6C(=O)OC)C(C)(C)C)[nH]5)cc4)cc3)[nH]2)N1. The summed E-state index contributed by atoms with van der Waals surface area (Å²) in [6, 6.07) is 16.5. The van der Waals surface area contributed by atoms with Gasteiger partial charge in [0.1, 0.15) is 17.2 Å². The number of nitrogens with zero attached hydrogens (tertiary/aromatic N) is 4. The molecule has 0 spiro atoms. The molecule has 5 heterocycles. The maximum absolute atomic E-state index is 13.7. The number of amides is 2. The maximum Gasteiger partial charge on any atom is 0.410 e. The largest absolute Gasteiger partial charge is 0.483 e. The zero-order valence-electron chi connectivity index (χ0n) is 34.9. The van der Waals surface area contributed by atoms with Gasteiger partial charge in [0.05, 0.1) is 55.6 Å². The number of carbonyl (C=O) groups is 2. The lowest BCUT2D eigenvalue weighted by molar-refractivity contribution is -0.132. The highest BCUT2D eigenvalue weighted by molar-refractivity contribution is 5.90. The van der Waals surface area contributed by atoms with Crippen LogP contribution in [0.1, 0.15) is 97.9 Å². The van der Waals surface area contributed by atoms with Crippen LogP contribution in [0.15, 0.2) is 85.2 Å². The van der Waals surface area contributed by atoms with Crippen molar-refractivity contribution in [3.8, 4) is 33.6 Å². The third-order valence-electron chi connectivity index (χ3n) is 12.4. The van der Waals surface area contributed by atoms with Gasteiger partial charge in [-0.05, 0) is 73.8 Å². The number of likely N-dealkylation sites (tertiary alicyclic amines) is 2. The number of rotatable bonds is 10. The molecule has 302 valence electrons. The normalized spacial score (nSPS) is 23.5. The van der Waals surface area contributed by atoms with Gasteiger partial charge in [-0.2, -0.15) is 0 Å². The standard InChI is InChI=1S/C45H58N8O4/c1-28(56-9)52-23-11-21-44(52,7)35-25-43(5,6)37(50-35)39-47-27-34(49-39)32-19-15-30(16-20-32)29-13-17-31(18-14-29)33-26-46-38(48-33)36(42(2,3)4)51-40(54)45(8)22-12-24-53(45)41(55)57-10/h13-20,25-27,36-37,50H,1,11-12,21-24H2,2-10H3,(H,46,48)(H,47,49)(H,51,54)/t36?,37-,44+,45+/m1/s1. The van der Waals surface area contributed by atoms with E-state index >= 15 is 0 Å². The summed E-state index contributed by atoms with van der Waals surface area (Å²) < 4.78 is 10.5. The molecule has 3 aliphatic heterocycles. The highest BCUT2D eigenvalue weighted by Gasteiger charge is 2.49. The number of ether oxygens (including phenoxy) is 2. The summed E-state index contributed by atoms with van der Waals surface area (Å²) in [6.07, 6.45) is 9.00. The summed E-state index contributed by atoms with van der Waals surface area (Å²) in [5, 5.41) is 7.04. The van der Waals surface area contributed by atoms with Gasteiger partial charge in [0.15, 0.2) is 5.88 Å². The van der Waals surface area contributed by atoms with Crippen molar-refractivity contribution in [2.45, 2.75) is 97.3 Å². The van der Waals surface area contributed by atoms with E-state index in [0.29, 0.717) is 24.7 Å². The van der Waals surface area contributed by atoms with Crippen LogP contribution < -0.4 is 10.6 Å². The second-order valence-corrected chi connectivity index (χ2v) is 17.9. The molecule has 2 amide bonds. The quantitative estimate of drug-likeness (QED) is 0.118. The first-order valence-electron chi connectivity index (χ1n) is 20.0. The highest BCUT2D eigenvalue weighted by atomic mass is 16.5. The predicted octanol–water partition coefficient (Wildman–Crippen LogP) is 8.48. The molecule has 1 unspecified atom stereocenters. The first-order valence-corrected chi connectivity index (χ1v) is 20.0. The minimum Gasteiger partial charge on any atom is -0.483 e. The molecule has 12 heteroatoms. The van der Waals surface area contributed by atoms with Crippen molar-refractivity contribution in [3.63, 3.8) is 0 Å². The van der Waals surface area contributed by atoms with E-state index in [1.54, 1.807) is 14.0 Å². The van der Waals surface area contributed by atoms with Crippen LogP contribution in [0.2, 0.25) is 0 Å². The molecule has 2 saturated heterocycles. The van der Waals surface area contributed by atoms with Crippen molar-refractivity contribution in [3.05, 3.63) is 96.8 Å². The molecular weight excluding hydrogens is 717 g/mol. The molecule has 4 N–H and O–H groups in total. The smallest absolute Gasteiger partial charge is 0.410 e. The van der Waals surface area contributed by atoms with Crippen LogP contribution in [0.4, 0.5) is 4.79 Å². The van der Waals surface area contributed by atoms with E-state index in [1.165, 1.54) is 17.7 Å². The number of hydrogen-bond acceptors (Lipinski definition) is 8. The number of carbonyl (C=O) groups excluding carboxylic acids is 2. The maximum atomic E-state index is 13.7. The first-order chi connectivity index (χ1) is 27.0. The molecule has 0 saturated carbocycles. The number of imidazole rings is 2. The Kier molecular flexibility index (Phi) is 10.3. The van der Waals surface area contributed by atoms with Crippen LogP contribution in [-0.2, 0) is 14.3 Å². The fourth-order valence-electron chi connectivity index (χ4n) is 8.85. The monoisotopic (exact) mass is 774 g/mol. The molecule has 7 rings (SSSR count). The summed E-state index contributed by atoms with van der Waals surface area (Å²) in [5.41, 5.74) is 5.55. The van der Waals surface area contributed by atoms with Crippen LogP contribution in [0.25, 0.3) is 33.6 Å². The minimum absolute atomic E-state index is 0.00228. The van der Waals surface area contributed by atoms with E-state index in [1.807, 2.05) is 12.4 Å². The number of aromatic amines is 2. The molecule has 4 aromatic rings. The van der Waals surface area contributed by atoms with Gasteiger partial charge in [0.2, 0.25) is 5.91 Å². The van der Waals surface area contributed by atoms with Crippen LogP contribution in [0.3, 0.4) is 0 Å². The van der Waals surface area contributed by atoms with E-state index in [0.717, 1.165) is 65.3 Å². The van der Waals surface area contributed by atoms with Crippen molar-refractivity contribution in [1.29, 1.82) is 0 Å². The molecule has 0 bridgehead atoms. The van der Waals surface area contributed by atoms with E-state index in [2.05, 4.69) is 128 Å². The first kappa shape index (κ1) is 39.7. The molecule has 57 heavy (non-hydrogen) atoms. The van der Waals surface area contributed by atoms with Crippen molar-refractivity contribution < 1.29 is 19.1 Å². The average Bonchev–Trinajstić information content (AvgIpc) is 4.04. The summed E-state index contributed by atoms with van der Waals surface area (Å²) >= 11 is 0. The van der Waals surface area contributed by atoms with Crippen molar-refractivity contribution >= 4 is 12.0 Å². The Hall–Kier alpha value is -5.52. The van der Waals surface area contributed by atoms with E-state index in [9.17, 15) is 9.59 Å². The third-order valence-corrected chi connectivity index (χ3v) is 12.4. The second kappa shape index (κ2) is 14.8. The van der Waals surface area contributed by atoms with E-state index < -0.39 is 17.7 Å². The molecule has 3 aliphatic rings.